The van der Waals surface area contributed by atoms with Gasteiger partial charge in [0.15, 0.2) is 0 Å². The normalized spacial score (nSPS) is 13.0. The Labute approximate surface area is 72.6 Å². The summed E-state index contributed by atoms with van der Waals surface area (Å²) in [5, 5.41) is 0.649. The molecule has 0 aliphatic carbocycles. The molecule has 0 radical (unpaired) electrons. The van der Waals surface area contributed by atoms with Gasteiger partial charge in [-0.2, -0.15) is 0 Å². The zero-order chi connectivity index (χ0) is 7.56. The first-order valence-corrected chi connectivity index (χ1v) is 4.28. The lowest BCUT2D eigenvalue weighted by Gasteiger charge is -1.96. The second kappa shape index (κ2) is 3.37. The molecule has 1 unspecified atom stereocenters. The molecular weight excluding hydrogens is 191 g/mol. The topological polar surface area (TPSA) is 17.1 Å². The smallest absolute Gasteiger partial charge is 0.244 e. The van der Waals surface area contributed by atoms with Crippen LogP contribution >= 0.6 is 34.5 Å². The second-order valence-electron chi connectivity index (χ2n) is 1.68. The Morgan fingerprint density at radius 1 is 1.70 bits per heavy atom. The minimum atomic E-state index is -0.679. The van der Waals surface area contributed by atoms with Gasteiger partial charge in [-0.1, -0.05) is 6.07 Å². The van der Waals surface area contributed by atoms with Gasteiger partial charge in [0.1, 0.15) is 5.38 Å². The summed E-state index contributed by atoms with van der Waals surface area (Å²) in [6.07, 6.45) is 0. The first-order valence-electron chi connectivity index (χ1n) is 2.58. The Morgan fingerprint density at radius 2 is 2.40 bits per heavy atom. The van der Waals surface area contributed by atoms with Crippen molar-refractivity contribution in [3.63, 3.8) is 0 Å². The Balaban J connectivity index is 2.77. The van der Waals surface area contributed by atoms with Crippen LogP contribution in [0.25, 0.3) is 0 Å². The van der Waals surface area contributed by atoms with Crippen molar-refractivity contribution in [3.05, 3.63) is 22.4 Å². The van der Waals surface area contributed by atoms with Crippen molar-refractivity contribution >= 4 is 39.8 Å². The van der Waals surface area contributed by atoms with E-state index in [2.05, 4.69) is 0 Å². The van der Waals surface area contributed by atoms with E-state index >= 15 is 0 Å². The maximum absolute atomic E-state index is 10.5. The van der Waals surface area contributed by atoms with E-state index in [1.54, 1.807) is 6.07 Å². The van der Waals surface area contributed by atoms with Crippen molar-refractivity contribution < 1.29 is 4.79 Å². The molecule has 0 spiro atoms. The molecular formula is C6H4Cl2OS. The van der Waals surface area contributed by atoms with E-state index in [-0.39, 0.29) is 0 Å². The van der Waals surface area contributed by atoms with Crippen LogP contribution < -0.4 is 0 Å². The summed E-state index contributed by atoms with van der Waals surface area (Å²) in [7, 11) is 0. The minimum absolute atomic E-state index is 0.524. The fourth-order valence-corrected chi connectivity index (χ4v) is 1.65. The fourth-order valence-electron chi connectivity index (χ4n) is 0.547. The Bertz CT molecular complexity index is 220. The predicted molar refractivity (Wildman–Crippen MR) is 43.8 cm³/mol. The number of carbonyl (C=O) groups excluding carboxylic acids is 1. The lowest BCUT2D eigenvalue weighted by atomic mass is 10.4. The Hall–Kier alpha value is -0.0500. The predicted octanol–water partition coefficient (Wildman–Crippen LogP) is 2.79. The SMILES string of the molecule is O=C(Cl)C(Cl)c1cccs1. The third kappa shape index (κ3) is 1.72. The van der Waals surface area contributed by atoms with Crippen LogP contribution in [0.4, 0.5) is 0 Å². The molecule has 0 aromatic carbocycles. The first kappa shape index (κ1) is 8.05. The van der Waals surface area contributed by atoms with Crippen molar-refractivity contribution in [1.82, 2.24) is 0 Å². The van der Waals surface area contributed by atoms with Crippen LogP contribution in [-0.4, -0.2) is 5.24 Å². The van der Waals surface area contributed by atoms with Gasteiger partial charge < -0.3 is 0 Å². The number of hydrogen-bond acceptors (Lipinski definition) is 2. The number of hydrogen-bond donors (Lipinski definition) is 0. The highest BCUT2D eigenvalue weighted by molar-refractivity contribution is 7.10. The van der Waals surface area contributed by atoms with Gasteiger partial charge in [0.05, 0.1) is 0 Å². The number of carbonyl (C=O) groups is 1. The summed E-state index contributed by atoms with van der Waals surface area (Å²) >= 11 is 12.2. The molecule has 0 saturated carbocycles. The summed E-state index contributed by atoms with van der Waals surface area (Å²) in [4.78, 5) is 11.3. The van der Waals surface area contributed by atoms with Gasteiger partial charge in [-0.3, -0.25) is 4.79 Å². The van der Waals surface area contributed by atoms with Gasteiger partial charge in [-0.15, -0.1) is 22.9 Å². The van der Waals surface area contributed by atoms with Crippen molar-refractivity contribution in [2.45, 2.75) is 5.38 Å². The minimum Gasteiger partial charge on any atom is -0.279 e. The summed E-state index contributed by atoms with van der Waals surface area (Å²) in [5.74, 6) is 0. The monoisotopic (exact) mass is 194 g/mol. The van der Waals surface area contributed by atoms with E-state index in [1.165, 1.54) is 11.3 Å². The molecule has 1 nitrogen and oxygen atoms in total. The lowest BCUT2D eigenvalue weighted by molar-refractivity contribution is -0.111. The molecule has 1 aromatic heterocycles. The van der Waals surface area contributed by atoms with Crippen LogP contribution in [0.2, 0.25) is 0 Å². The van der Waals surface area contributed by atoms with Crippen molar-refractivity contribution in [3.8, 4) is 0 Å². The van der Waals surface area contributed by atoms with E-state index in [4.69, 9.17) is 23.2 Å². The van der Waals surface area contributed by atoms with E-state index in [0.717, 1.165) is 4.88 Å². The zero-order valence-electron chi connectivity index (χ0n) is 4.88. The molecule has 0 N–H and O–H groups in total. The quantitative estimate of drug-likeness (QED) is 0.523. The van der Waals surface area contributed by atoms with Crippen LogP contribution in [0.1, 0.15) is 10.3 Å². The van der Waals surface area contributed by atoms with Gasteiger partial charge in [-0.05, 0) is 23.0 Å². The van der Waals surface area contributed by atoms with Crippen molar-refractivity contribution in [2.24, 2.45) is 0 Å². The summed E-state index contributed by atoms with van der Waals surface area (Å²) in [6.45, 7) is 0. The largest absolute Gasteiger partial charge is 0.279 e. The Kier molecular flexibility index (Phi) is 2.72. The maximum atomic E-state index is 10.5. The average Bonchev–Trinajstić information content (AvgIpc) is 2.36. The van der Waals surface area contributed by atoms with E-state index < -0.39 is 10.6 Å². The fraction of sp³-hybridized carbons (Fsp3) is 0.167. The zero-order valence-corrected chi connectivity index (χ0v) is 7.21. The second-order valence-corrected chi connectivity index (χ2v) is 3.47. The molecule has 0 amide bonds. The van der Waals surface area contributed by atoms with E-state index in [1.807, 2.05) is 11.4 Å². The summed E-state index contributed by atoms with van der Waals surface area (Å²) < 4.78 is 0. The van der Waals surface area contributed by atoms with Crippen molar-refractivity contribution in [1.29, 1.82) is 0 Å². The first-order chi connectivity index (χ1) is 4.72. The van der Waals surface area contributed by atoms with Crippen LogP contribution in [0, 0.1) is 0 Å². The van der Waals surface area contributed by atoms with Gasteiger partial charge in [-0.25, -0.2) is 0 Å². The highest BCUT2D eigenvalue weighted by Crippen LogP contribution is 2.26. The lowest BCUT2D eigenvalue weighted by Crippen LogP contribution is -1.94. The van der Waals surface area contributed by atoms with Gasteiger partial charge in [0.25, 0.3) is 0 Å². The molecule has 0 aliphatic rings. The third-order valence-corrected chi connectivity index (χ3v) is 2.82. The van der Waals surface area contributed by atoms with Crippen LogP contribution in [-0.2, 0) is 4.79 Å². The molecule has 0 bridgehead atoms. The van der Waals surface area contributed by atoms with Crippen LogP contribution in [0.15, 0.2) is 17.5 Å². The molecule has 1 heterocycles. The molecule has 0 saturated heterocycles. The molecule has 1 aromatic rings. The van der Waals surface area contributed by atoms with Crippen LogP contribution in [0.3, 0.4) is 0 Å². The number of rotatable bonds is 2. The van der Waals surface area contributed by atoms with Crippen molar-refractivity contribution in [2.75, 3.05) is 0 Å². The Morgan fingerprint density at radius 3 is 2.80 bits per heavy atom. The van der Waals surface area contributed by atoms with Crippen LogP contribution in [0.5, 0.6) is 0 Å². The summed E-state index contributed by atoms with van der Waals surface area (Å²) in [5.41, 5.74) is 0. The molecule has 1 rings (SSSR count). The highest BCUT2D eigenvalue weighted by Gasteiger charge is 2.15. The van der Waals surface area contributed by atoms with Gasteiger partial charge >= 0.3 is 0 Å². The molecule has 4 heteroatoms. The standard InChI is InChI=1S/C6H4Cl2OS/c7-5(6(8)9)4-2-1-3-10-4/h1-3,5H. The number of alkyl halides is 1. The molecule has 0 fully saturated rings. The average molecular weight is 195 g/mol. The molecule has 1 atom stereocenters. The number of thiophene rings is 1. The number of halogens is 2. The molecule has 0 aliphatic heterocycles. The molecule has 10 heavy (non-hydrogen) atoms. The molecule has 54 valence electrons. The van der Waals surface area contributed by atoms with Gasteiger partial charge in [0, 0.05) is 4.88 Å². The van der Waals surface area contributed by atoms with E-state index in [9.17, 15) is 4.79 Å². The van der Waals surface area contributed by atoms with E-state index in [0.29, 0.717) is 0 Å². The maximum Gasteiger partial charge on any atom is 0.244 e. The summed E-state index contributed by atoms with van der Waals surface area (Å²) in [6, 6.07) is 3.61. The van der Waals surface area contributed by atoms with Gasteiger partial charge in [0.2, 0.25) is 5.24 Å². The highest BCUT2D eigenvalue weighted by atomic mass is 35.5. The third-order valence-electron chi connectivity index (χ3n) is 0.992.